The van der Waals surface area contributed by atoms with Crippen molar-refractivity contribution < 1.29 is 4.79 Å². The van der Waals surface area contributed by atoms with Gasteiger partial charge in [0.15, 0.2) is 0 Å². The Balaban J connectivity index is 2.29. The zero-order valence-corrected chi connectivity index (χ0v) is 16.8. The molecule has 4 nitrogen and oxygen atoms in total. The molecule has 2 aromatic heterocycles. The maximum Gasteiger partial charge on any atom is 0.262 e. The second-order valence-electron chi connectivity index (χ2n) is 6.80. The van der Waals surface area contributed by atoms with E-state index in [1.54, 1.807) is 22.8 Å². The molecule has 2 heterocycles. The van der Waals surface area contributed by atoms with Gasteiger partial charge in [-0.25, -0.2) is 4.98 Å². The predicted octanol–water partition coefficient (Wildman–Crippen LogP) is 4.59. The molecule has 0 aliphatic rings. The number of Topliss-reactive ketones (excluding diaryl/α,β-unsaturated/α-hetero) is 1. The number of nitrogens with zero attached hydrogens (tertiary/aromatic N) is 2. The fraction of sp³-hybridized carbons (Fsp3) is 0.381. The highest BCUT2D eigenvalue weighted by Crippen LogP contribution is 2.36. The molecular weight excluding hydrogens is 344 g/mol. The van der Waals surface area contributed by atoms with E-state index in [2.05, 4.69) is 32.0 Å². The maximum absolute atomic E-state index is 13.3. The summed E-state index contributed by atoms with van der Waals surface area (Å²) >= 11 is 1.57. The number of fused-ring (bicyclic) bond motifs is 1. The van der Waals surface area contributed by atoms with Crippen molar-refractivity contribution in [1.82, 2.24) is 9.55 Å². The van der Waals surface area contributed by atoms with Crippen LogP contribution in [-0.2, 0) is 17.8 Å². The Morgan fingerprint density at radius 3 is 2.54 bits per heavy atom. The van der Waals surface area contributed by atoms with Crippen molar-refractivity contribution in [3.63, 3.8) is 0 Å². The van der Waals surface area contributed by atoms with Gasteiger partial charge in [0.05, 0.1) is 5.39 Å². The zero-order valence-electron chi connectivity index (χ0n) is 16.0. The van der Waals surface area contributed by atoms with Crippen LogP contribution < -0.4 is 5.56 Å². The van der Waals surface area contributed by atoms with Gasteiger partial charge in [-0.1, -0.05) is 25.1 Å². The van der Waals surface area contributed by atoms with Crippen molar-refractivity contribution in [2.75, 3.05) is 0 Å². The third-order valence-electron chi connectivity index (χ3n) is 4.87. The van der Waals surface area contributed by atoms with Gasteiger partial charge in [0, 0.05) is 29.8 Å². The third kappa shape index (κ3) is 3.23. The second-order valence-corrected chi connectivity index (χ2v) is 8.01. The minimum atomic E-state index is -0.0364. The van der Waals surface area contributed by atoms with E-state index in [-0.39, 0.29) is 11.3 Å². The normalized spacial score (nSPS) is 11.3. The van der Waals surface area contributed by atoms with E-state index in [1.165, 1.54) is 11.1 Å². The molecule has 136 valence electrons. The third-order valence-corrected chi connectivity index (χ3v) is 5.87. The van der Waals surface area contributed by atoms with E-state index in [9.17, 15) is 9.59 Å². The number of hydrogen-bond donors (Lipinski definition) is 0. The van der Waals surface area contributed by atoms with Gasteiger partial charge in [-0.2, -0.15) is 0 Å². The van der Waals surface area contributed by atoms with Crippen molar-refractivity contribution >= 4 is 27.3 Å². The molecule has 0 unspecified atom stereocenters. The summed E-state index contributed by atoms with van der Waals surface area (Å²) in [6.45, 7) is 10.1. The molecule has 3 rings (SSSR count). The van der Waals surface area contributed by atoms with Crippen molar-refractivity contribution in [2.24, 2.45) is 0 Å². The Kier molecular flexibility index (Phi) is 5.10. The number of carbonyl (C=O) groups is 1. The molecule has 0 N–H and O–H groups in total. The first-order valence-corrected chi connectivity index (χ1v) is 9.75. The van der Waals surface area contributed by atoms with Gasteiger partial charge in [-0.3, -0.25) is 14.2 Å². The Bertz CT molecular complexity index is 1060. The van der Waals surface area contributed by atoms with Crippen LogP contribution in [0.3, 0.4) is 0 Å². The molecule has 3 aromatic rings. The van der Waals surface area contributed by atoms with Gasteiger partial charge in [0.1, 0.15) is 16.4 Å². The highest BCUT2D eigenvalue weighted by molar-refractivity contribution is 7.19. The molecule has 0 amide bonds. The molecule has 0 atom stereocenters. The summed E-state index contributed by atoms with van der Waals surface area (Å²) in [5.41, 5.74) is 4.43. The fourth-order valence-corrected chi connectivity index (χ4v) is 4.31. The smallest absolute Gasteiger partial charge is 0.262 e. The zero-order chi connectivity index (χ0) is 19.0. The van der Waals surface area contributed by atoms with Crippen LogP contribution in [-0.4, -0.2) is 15.3 Å². The number of aromatic nitrogens is 2. The maximum atomic E-state index is 13.3. The minimum absolute atomic E-state index is 0.0364. The quantitative estimate of drug-likeness (QED) is 0.662. The van der Waals surface area contributed by atoms with E-state index in [4.69, 9.17) is 4.98 Å². The van der Waals surface area contributed by atoms with Crippen LogP contribution in [0.1, 0.15) is 42.1 Å². The largest absolute Gasteiger partial charge is 0.300 e. The molecule has 0 radical (unpaired) electrons. The summed E-state index contributed by atoms with van der Waals surface area (Å²) in [6.07, 6.45) is 1.02. The van der Waals surface area contributed by atoms with E-state index in [0.29, 0.717) is 24.8 Å². The molecule has 0 aliphatic carbocycles. The number of carbonyl (C=O) groups excluding carboxylic acids is 1. The van der Waals surface area contributed by atoms with Crippen LogP contribution in [0.25, 0.3) is 21.3 Å². The van der Waals surface area contributed by atoms with Crippen molar-refractivity contribution in [1.29, 1.82) is 0 Å². The standard InChI is InChI=1S/C21H24N2O2S/c1-6-17-22-20-19(21(25)23(17)10-9-14(4)24)18(15(5)26-20)16-8-7-12(2)13(3)11-16/h7-8,11H,6,9-10H2,1-5H3. The summed E-state index contributed by atoms with van der Waals surface area (Å²) in [7, 11) is 0. The minimum Gasteiger partial charge on any atom is -0.300 e. The summed E-state index contributed by atoms with van der Waals surface area (Å²) in [6, 6.07) is 6.30. The van der Waals surface area contributed by atoms with Crippen LogP contribution in [0.4, 0.5) is 0 Å². The number of hydrogen-bond acceptors (Lipinski definition) is 4. The van der Waals surface area contributed by atoms with Crippen LogP contribution in [0.15, 0.2) is 23.0 Å². The molecule has 5 heteroatoms. The summed E-state index contributed by atoms with van der Waals surface area (Å²) in [5.74, 6) is 0.826. The topological polar surface area (TPSA) is 52.0 Å². The van der Waals surface area contributed by atoms with E-state index < -0.39 is 0 Å². The van der Waals surface area contributed by atoms with Crippen molar-refractivity contribution in [3.05, 3.63) is 50.4 Å². The number of thiophene rings is 1. The van der Waals surface area contributed by atoms with Gasteiger partial charge < -0.3 is 0 Å². The van der Waals surface area contributed by atoms with Crippen LogP contribution in [0.2, 0.25) is 0 Å². The van der Waals surface area contributed by atoms with Gasteiger partial charge in [0.25, 0.3) is 5.56 Å². The fourth-order valence-electron chi connectivity index (χ4n) is 3.25. The Morgan fingerprint density at radius 2 is 1.92 bits per heavy atom. The molecule has 0 spiro atoms. The first kappa shape index (κ1) is 18.5. The molecule has 0 saturated carbocycles. The van der Waals surface area contributed by atoms with Crippen LogP contribution in [0.5, 0.6) is 0 Å². The molecule has 1 aromatic carbocycles. The van der Waals surface area contributed by atoms with E-state index >= 15 is 0 Å². The van der Waals surface area contributed by atoms with Gasteiger partial charge in [0.2, 0.25) is 0 Å². The Hall–Kier alpha value is -2.27. The van der Waals surface area contributed by atoms with E-state index in [1.807, 2.05) is 13.8 Å². The average Bonchev–Trinajstić information content (AvgIpc) is 2.92. The first-order valence-electron chi connectivity index (χ1n) is 8.93. The lowest BCUT2D eigenvalue weighted by atomic mass is 9.99. The highest BCUT2D eigenvalue weighted by atomic mass is 32.1. The van der Waals surface area contributed by atoms with Gasteiger partial charge in [-0.05, 0) is 44.4 Å². The monoisotopic (exact) mass is 368 g/mol. The van der Waals surface area contributed by atoms with E-state index in [0.717, 1.165) is 26.7 Å². The molecule has 0 fully saturated rings. The molecule has 0 aliphatic heterocycles. The number of benzene rings is 1. The Labute approximate surface area is 157 Å². The SMILES string of the molecule is CCc1nc2sc(C)c(-c3ccc(C)c(C)c3)c2c(=O)n1CCC(C)=O. The first-order chi connectivity index (χ1) is 12.3. The Morgan fingerprint density at radius 1 is 1.19 bits per heavy atom. The number of rotatable bonds is 5. The van der Waals surface area contributed by atoms with Crippen molar-refractivity contribution in [3.8, 4) is 11.1 Å². The highest BCUT2D eigenvalue weighted by Gasteiger charge is 2.19. The second kappa shape index (κ2) is 7.16. The van der Waals surface area contributed by atoms with Crippen LogP contribution in [0, 0.1) is 20.8 Å². The lowest BCUT2D eigenvalue weighted by Gasteiger charge is -2.11. The van der Waals surface area contributed by atoms with Crippen molar-refractivity contribution in [2.45, 2.75) is 54.0 Å². The average molecular weight is 369 g/mol. The summed E-state index contributed by atoms with van der Waals surface area (Å²) in [4.78, 5) is 31.4. The summed E-state index contributed by atoms with van der Waals surface area (Å²) in [5, 5.41) is 0.677. The van der Waals surface area contributed by atoms with Crippen LogP contribution >= 0.6 is 11.3 Å². The molecule has 26 heavy (non-hydrogen) atoms. The summed E-state index contributed by atoms with van der Waals surface area (Å²) < 4.78 is 1.68. The number of aryl methyl sites for hydroxylation is 4. The lowest BCUT2D eigenvalue weighted by molar-refractivity contribution is -0.117. The van der Waals surface area contributed by atoms with Gasteiger partial charge in [-0.15, -0.1) is 11.3 Å². The molecule has 0 saturated heterocycles. The van der Waals surface area contributed by atoms with Gasteiger partial charge >= 0.3 is 0 Å². The molecule has 0 bridgehead atoms. The molecular formula is C21H24N2O2S. The number of ketones is 1. The lowest BCUT2D eigenvalue weighted by Crippen LogP contribution is -2.26. The predicted molar refractivity (Wildman–Crippen MR) is 108 cm³/mol.